The highest BCUT2D eigenvalue weighted by molar-refractivity contribution is 7.89. The average Bonchev–Trinajstić information content (AvgIpc) is 3.08. The predicted octanol–water partition coefficient (Wildman–Crippen LogP) is 2.96. The van der Waals surface area contributed by atoms with Crippen LogP contribution in [0.15, 0.2) is 71.1 Å². The molecule has 0 saturated carbocycles. The first-order valence-electron chi connectivity index (χ1n) is 8.17. The molecule has 1 heterocycles. The first kappa shape index (κ1) is 17.1. The minimum Gasteiger partial charge on any atom is -0.285 e. The molecule has 0 unspecified atom stereocenters. The number of hydrogen-bond donors (Lipinski definition) is 0. The Bertz CT molecular complexity index is 1210. The number of Topliss-reactive ketones (excluding diaryl/α,β-unsaturated/α-hetero) is 2. The summed E-state index contributed by atoms with van der Waals surface area (Å²) < 4.78 is 27.1. The highest BCUT2D eigenvalue weighted by Gasteiger charge is 2.36. The van der Waals surface area contributed by atoms with Gasteiger partial charge in [0.2, 0.25) is 11.6 Å². The van der Waals surface area contributed by atoms with Crippen LogP contribution in [-0.4, -0.2) is 29.2 Å². The van der Waals surface area contributed by atoms with Gasteiger partial charge in [-0.15, -0.1) is 0 Å². The maximum absolute atomic E-state index is 13.1. The lowest BCUT2D eigenvalue weighted by atomic mass is 9.92. The van der Waals surface area contributed by atoms with Gasteiger partial charge in [0.05, 0.1) is 16.2 Å². The summed E-state index contributed by atoms with van der Waals surface area (Å²) in [5, 5.41) is 4.24. The molecule has 0 saturated heterocycles. The number of ketones is 2. The molecule has 2 aromatic carbocycles. The molecule has 0 radical (unpaired) electrons. The molecule has 0 aliphatic heterocycles. The molecule has 0 amide bonds. The molecular weight excluding hydrogens is 364 g/mol. The lowest BCUT2D eigenvalue weighted by Gasteiger charge is -2.11. The van der Waals surface area contributed by atoms with Crippen molar-refractivity contribution < 1.29 is 18.0 Å². The van der Waals surface area contributed by atoms with Crippen LogP contribution in [0.5, 0.6) is 0 Å². The van der Waals surface area contributed by atoms with Gasteiger partial charge in [-0.2, -0.15) is 17.6 Å². The Labute approximate surface area is 155 Å². The van der Waals surface area contributed by atoms with E-state index in [-0.39, 0.29) is 27.4 Å². The number of carbonyl (C=O) groups is 2. The number of nitrogens with zero attached hydrogens (tertiary/aromatic N) is 2. The van der Waals surface area contributed by atoms with E-state index in [0.29, 0.717) is 5.56 Å². The Morgan fingerprint density at radius 2 is 1.44 bits per heavy atom. The summed E-state index contributed by atoms with van der Waals surface area (Å²) in [6.07, 6.45) is 1.40. The summed E-state index contributed by atoms with van der Waals surface area (Å²) in [5.74, 6) is -1.41. The summed E-state index contributed by atoms with van der Waals surface area (Å²) in [5.41, 5.74) is 1.02. The summed E-state index contributed by atoms with van der Waals surface area (Å²) in [7, 11) is -4.03. The highest BCUT2D eigenvalue weighted by atomic mass is 32.2. The van der Waals surface area contributed by atoms with Gasteiger partial charge >= 0.3 is 0 Å². The summed E-state index contributed by atoms with van der Waals surface area (Å²) in [6.45, 7) is 1.48. The van der Waals surface area contributed by atoms with Gasteiger partial charge < -0.3 is 0 Å². The van der Waals surface area contributed by atoms with E-state index in [0.717, 1.165) is 4.09 Å². The monoisotopic (exact) mass is 378 g/mol. The third-order valence-electron chi connectivity index (χ3n) is 4.35. The zero-order chi connectivity index (χ0) is 19.2. The van der Waals surface area contributed by atoms with Gasteiger partial charge in [0.1, 0.15) is 5.69 Å². The number of rotatable bonds is 3. The molecular formula is C20H14N2O4S. The van der Waals surface area contributed by atoms with Crippen molar-refractivity contribution in [1.82, 2.24) is 9.19 Å². The van der Waals surface area contributed by atoms with Crippen molar-refractivity contribution in [2.45, 2.75) is 11.8 Å². The van der Waals surface area contributed by atoms with Crippen molar-refractivity contribution in [2.24, 2.45) is 0 Å². The zero-order valence-corrected chi connectivity index (χ0v) is 15.1. The Balaban J connectivity index is 2.05. The van der Waals surface area contributed by atoms with E-state index < -0.39 is 21.6 Å². The lowest BCUT2D eigenvalue weighted by molar-refractivity contribution is -0.111. The van der Waals surface area contributed by atoms with Crippen LogP contribution in [0.3, 0.4) is 0 Å². The zero-order valence-electron chi connectivity index (χ0n) is 14.3. The van der Waals surface area contributed by atoms with Crippen molar-refractivity contribution in [3.8, 4) is 11.3 Å². The second kappa shape index (κ2) is 6.14. The molecule has 6 nitrogen and oxygen atoms in total. The average molecular weight is 378 g/mol. The predicted molar refractivity (Wildman–Crippen MR) is 99.7 cm³/mol. The standard InChI is InChI=1S/C20H14N2O4S/c1-13-12-16-17(20(24)19(13)23)18(14-8-4-2-5-9-14)21-22(16)27(25,26)15-10-6-3-7-11-15/h2-12H,1H3. The molecule has 1 aromatic heterocycles. The molecule has 0 spiro atoms. The largest absolute Gasteiger partial charge is 0.285 e. The Kier molecular flexibility index (Phi) is 3.89. The summed E-state index contributed by atoms with van der Waals surface area (Å²) >= 11 is 0. The molecule has 0 atom stereocenters. The van der Waals surface area contributed by atoms with Crippen molar-refractivity contribution in [3.05, 3.63) is 77.5 Å². The van der Waals surface area contributed by atoms with E-state index in [9.17, 15) is 18.0 Å². The van der Waals surface area contributed by atoms with Gasteiger partial charge in [-0.3, -0.25) is 9.59 Å². The number of carbonyl (C=O) groups excluding carboxylic acids is 2. The SMILES string of the molecule is CC1=Cc2c(c(-c3ccccc3)nn2S(=O)(=O)c2ccccc2)C(=O)C1=O. The minimum atomic E-state index is -4.03. The first-order chi connectivity index (χ1) is 12.9. The smallest absolute Gasteiger partial charge is 0.283 e. The molecule has 7 heteroatoms. The maximum Gasteiger partial charge on any atom is 0.283 e. The van der Waals surface area contributed by atoms with Gasteiger partial charge in [-0.1, -0.05) is 48.5 Å². The molecule has 4 rings (SSSR count). The van der Waals surface area contributed by atoms with Gasteiger partial charge in [0.25, 0.3) is 10.0 Å². The van der Waals surface area contributed by atoms with Gasteiger partial charge in [0.15, 0.2) is 0 Å². The van der Waals surface area contributed by atoms with E-state index in [1.165, 1.54) is 25.1 Å². The topological polar surface area (TPSA) is 86.1 Å². The van der Waals surface area contributed by atoms with Gasteiger partial charge in [-0.05, 0) is 25.1 Å². The fourth-order valence-electron chi connectivity index (χ4n) is 3.00. The van der Waals surface area contributed by atoms with E-state index >= 15 is 0 Å². The van der Waals surface area contributed by atoms with Crippen LogP contribution in [0.25, 0.3) is 17.3 Å². The molecule has 0 bridgehead atoms. The molecule has 1 aliphatic rings. The third-order valence-corrected chi connectivity index (χ3v) is 5.95. The van der Waals surface area contributed by atoms with E-state index in [1.54, 1.807) is 48.5 Å². The lowest BCUT2D eigenvalue weighted by Crippen LogP contribution is -2.23. The quantitative estimate of drug-likeness (QED) is 0.654. The fourth-order valence-corrected chi connectivity index (χ4v) is 4.29. The van der Waals surface area contributed by atoms with Crippen molar-refractivity contribution in [1.29, 1.82) is 0 Å². The van der Waals surface area contributed by atoms with Crippen LogP contribution in [0.1, 0.15) is 23.0 Å². The second-order valence-corrected chi connectivity index (χ2v) is 7.89. The minimum absolute atomic E-state index is 0.0105. The van der Waals surface area contributed by atoms with Crippen LogP contribution in [0.2, 0.25) is 0 Å². The summed E-state index contributed by atoms with van der Waals surface area (Å²) in [6, 6.07) is 16.6. The van der Waals surface area contributed by atoms with Crippen LogP contribution in [0, 0.1) is 0 Å². The number of aromatic nitrogens is 2. The number of fused-ring (bicyclic) bond motifs is 1. The van der Waals surface area contributed by atoms with E-state index in [4.69, 9.17) is 0 Å². The molecule has 3 aromatic rings. The Morgan fingerprint density at radius 3 is 2.07 bits per heavy atom. The van der Waals surface area contributed by atoms with Crippen molar-refractivity contribution in [3.63, 3.8) is 0 Å². The Hall–Kier alpha value is -3.32. The van der Waals surface area contributed by atoms with Crippen LogP contribution in [0.4, 0.5) is 0 Å². The molecule has 0 N–H and O–H groups in total. The van der Waals surface area contributed by atoms with Gasteiger partial charge in [-0.25, -0.2) is 0 Å². The molecule has 1 aliphatic carbocycles. The van der Waals surface area contributed by atoms with Crippen molar-refractivity contribution in [2.75, 3.05) is 0 Å². The third kappa shape index (κ3) is 2.63. The summed E-state index contributed by atoms with van der Waals surface area (Å²) in [4.78, 5) is 24.9. The second-order valence-electron chi connectivity index (χ2n) is 6.12. The molecule has 27 heavy (non-hydrogen) atoms. The fraction of sp³-hybridized carbons (Fsp3) is 0.0500. The number of benzene rings is 2. The van der Waals surface area contributed by atoms with E-state index in [2.05, 4.69) is 5.10 Å². The highest BCUT2D eigenvalue weighted by Crippen LogP contribution is 2.33. The Morgan fingerprint density at radius 1 is 0.852 bits per heavy atom. The van der Waals surface area contributed by atoms with Crippen molar-refractivity contribution >= 4 is 27.7 Å². The first-order valence-corrected chi connectivity index (χ1v) is 9.61. The number of allylic oxidation sites excluding steroid dienone is 1. The van der Waals surface area contributed by atoms with Crippen LogP contribution >= 0.6 is 0 Å². The maximum atomic E-state index is 13.1. The molecule has 0 fully saturated rings. The molecule has 134 valence electrons. The normalized spacial score (nSPS) is 14.0. The van der Waals surface area contributed by atoms with Crippen LogP contribution < -0.4 is 0 Å². The number of hydrogen-bond acceptors (Lipinski definition) is 5. The van der Waals surface area contributed by atoms with E-state index in [1.807, 2.05) is 0 Å². The van der Waals surface area contributed by atoms with Gasteiger partial charge in [0, 0.05) is 11.1 Å². The van der Waals surface area contributed by atoms with Crippen LogP contribution in [-0.2, 0) is 14.8 Å².